The van der Waals surface area contributed by atoms with Crippen LogP contribution in [0.25, 0.3) is 10.6 Å². The van der Waals surface area contributed by atoms with E-state index in [0.29, 0.717) is 6.54 Å². The highest BCUT2D eigenvalue weighted by Crippen LogP contribution is 2.21. The molecule has 0 aliphatic heterocycles. The van der Waals surface area contributed by atoms with E-state index in [-0.39, 0.29) is 0 Å². The lowest BCUT2D eigenvalue weighted by atomic mass is 10.1. The number of carbonyl (C=O) groups is 1. The lowest BCUT2D eigenvalue weighted by Gasteiger charge is -2.04. The quantitative estimate of drug-likeness (QED) is 0.908. The maximum Gasteiger partial charge on any atom is 0.407 e. The minimum Gasteiger partial charge on any atom is -0.453 e. The smallest absolute Gasteiger partial charge is 0.407 e. The molecule has 0 atom stereocenters. The van der Waals surface area contributed by atoms with Crippen molar-refractivity contribution < 1.29 is 9.53 Å². The SMILES string of the molecule is COC(=O)NCc1ccc(-c2nccs2)cc1. The second-order valence-electron chi connectivity index (χ2n) is 3.38. The van der Waals surface area contributed by atoms with Crippen LogP contribution in [0.5, 0.6) is 0 Å². The van der Waals surface area contributed by atoms with Gasteiger partial charge in [0, 0.05) is 23.7 Å². The molecule has 0 saturated heterocycles. The summed E-state index contributed by atoms with van der Waals surface area (Å²) in [5, 5.41) is 5.57. The predicted molar refractivity (Wildman–Crippen MR) is 66.8 cm³/mol. The highest BCUT2D eigenvalue weighted by Gasteiger charge is 2.01. The molecule has 1 aromatic carbocycles. The van der Waals surface area contributed by atoms with Crippen molar-refractivity contribution in [3.63, 3.8) is 0 Å². The number of alkyl carbamates (subject to hydrolysis) is 1. The number of nitrogens with one attached hydrogen (secondary N) is 1. The molecule has 0 unspecified atom stereocenters. The third kappa shape index (κ3) is 3.04. The fourth-order valence-electron chi connectivity index (χ4n) is 1.38. The average molecular weight is 248 g/mol. The Hall–Kier alpha value is -1.88. The number of methoxy groups -OCH3 is 1. The van der Waals surface area contributed by atoms with Gasteiger partial charge in [-0.05, 0) is 5.56 Å². The number of carbonyl (C=O) groups excluding carboxylic acids is 1. The fraction of sp³-hybridized carbons (Fsp3) is 0.167. The van der Waals surface area contributed by atoms with Crippen molar-refractivity contribution in [1.82, 2.24) is 10.3 Å². The summed E-state index contributed by atoms with van der Waals surface area (Å²) in [4.78, 5) is 15.1. The molecule has 0 aliphatic rings. The van der Waals surface area contributed by atoms with Gasteiger partial charge in [-0.1, -0.05) is 24.3 Å². The summed E-state index contributed by atoms with van der Waals surface area (Å²) in [5.74, 6) is 0. The summed E-state index contributed by atoms with van der Waals surface area (Å²) in [7, 11) is 1.35. The van der Waals surface area contributed by atoms with Crippen molar-refractivity contribution in [2.24, 2.45) is 0 Å². The lowest BCUT2D eigenvalue weighted by molar-refractivity contribution is 0.170. The number of benzene rings is 1. The number of aromatic nitrogens is 1. The molecule has 0 spiro atoms. The predicted octanol–water partition coefficient (Wildman–Crippen LogP) is 2.67. The van der Waals surface area contributed by atoms with Crippen molar-refractivity contribution in [3.05, 3.63) is 41.4 Å². The Labute approximate surface area is 103 Å². The van der Waals surface area contributed by atoms with E-state index in [2.05, 4.69) is 15.0 Å². The van der Waals surface area contributed by atoms with Gasteiger partial charge in [0.1, 0.15) is 5.01 Å². The largest absolute Gasteiger partial charge is 0.453 e. The first-order valence-corrected chi connectivity index (χ1v) is 5.98. The molecule has 2 rings (SSSR count). The van der Waals surface area contributed by atoms with Crippen LogP contribution >= 0.6 is 11.3 Å². The normalized spacial score (nSPS) is 9.94. The summed E-state index contributed by atoms with van der Waals surface area (Å²) in [5.41, 5.74) is 2.11. The molecule has 1 heterocycles. The Morgan fingerprint density at radius 3 is 2.76 bits per heavy atom. The van der Waals surface area contributed by atoms with Gasteiger partial charge in [-0.2, -0.15) is 0 Å². The molecule has 0 saturated carbocycles. The molecule has 1 aromatic heterocycles. The topological polar surface area (TPSA) is 51.2 Å². The summed E-state index contributed by atoms with van der Waals surface area (Å²) in [6, 6.07) is 7.92. The number of ether oxygens (including phenoxy) is 1. The Morgan fingerprint density at radius 2 is 2.18 bits per heavy atom. The van der Waals surface area contributed by atoms with Crippen molar-refractivity contribution in [3.8, 4) is 10.6 Å². The average Bonchev–Trinajstić information content (AvgIpc) is 2.90. The Bertz CT molecular complexity index is 480. The summed E-state index contributed by atoms with van der Waals surface area (Å²) < 4.78 is 4.50. The molecule has 4 nitrogen and oxygen atoms in total. The fourth-order valence-corrected chi connectivity index (χ4v) is 2.02. The molecule has 88 valence electrons. The molecule has 0 fully saturated rings. The van der Waals surface area contributed by atoms with Gasteiger partial charge in [0.2, 0.25) is 0 Å². The van der Waals surface area contributed by atoms with Gasteiger partial charge >= 0.3 is 6.09 Å². The van der Waals surface area contributed by atoms with Crippen LogP contribution in [0, 0.1) is 0 Å². The van der Waals surface area contributed by atoms with E-state index in [1.165, 1.54) is 7.11 Å². The van der Waals surface area contributed by atoms with E-state index in [1.54, 1.807) is 17.5 Å². The monoisotopic (exact) mass is 248 g/mol. The first-order chi connectivity index (χ1) is 8.29. The van der Waals surface area contributed by atoms with Crippen LogP contribution in [-0.4, -0.2) is 18.2 Å². The molecular weight excluding hydrogens is 236 g/mol. The molecule has 5 heteroatoms. The number of nitrogens with zero attached hydrogens (tertiary/aromatic N) is 1. The van der Waals surface area contributed by atoms with Crippen molar-refractivity contribution in [2.45, 2.75) is 6.54 Å². The zero-order valence-corrected chi connectivity index (χ0v) is 10.2. The van der Waals surface area contributed by atoms with E-state index in [9.17, 15) is 4.79 Å². The maximum atomic E-state index is 10.9. The third-order valence-corrected chi connectivity index (χ3v) is 3.08. The highest BCUT2D eigenvalue weighted by atomic mass is 32.1. The van der Waals surface area contributed by atoms with Gasteiger partial charge in [-0.15, -0.1) is 11.3 Å². The minimum absolute atomic E-state index is 0.422. The van der Waals surface area contributed by atoms with Crippen LogP contribution < -0.4 is 5.32 Å². The first kappa shape index (κ1) is 11.6. The number of amides is 1. The number of rotatable bonds is 3. The number of hydrogen-bond donors (Lipinski definition) is 1. The van der Waals surface area contributed by atoms with E-state index < -0.39 is 6.09 Å². The molecule has 17 heavy (non-hydrogen) atoms. The molecule has 0 bridgehead atoms. The van der Waals surface area contributed by atoms with Crippen LogP contribution in [0.4, 0.5) is 4.79 Å². The third-order valence-electron chi connectivity index (χ3n) is 2.26. The van der Waals surface area contributed by atoms with E-state index in [1.807, 2.05) is 29.6 Å². The molecule has 0 aliphatic carbocycles. The van der Waals surface area contributed by atoms with E-state index >= 15 is 0 Å². The Kier molecular flexibility index (Phi) is 3.72. The Morgan fingerprint density at radius 1 is 1.41 bits per heavy atom. The van der Waals surface area contributed by atoms with Gasteiger partial charge < -0.3 is 10.1 Å². The zero-order chi connectivity index (χ0) is 12.1. The Balaban J connectivity index is 2.01. The number of thiazole rings is 1. The van der Waals surface area contributed by atoms with Gasteiger partial charge in [0.15, 0.2) is 0 Å². The maximum absolute atomic E-state index is 10.9. The summed E-state index contributed by atoms with van der Waals surface area (Å²) >= 11 is 1.60. The zero-order valence-electron chi connectivity index (χ0n) is 9.34. The molecule has 1 N–H and O–H groups in total. The highest BCUT2D eigenvalue weighted by molar-refractivity contribution is 7.13. The van der Waals surface area contributed by atoms with Crippen molar-refractivity contribution >= 4 is 17.4 Å². The van der Waals surface area contributed by atoms with Crippen LogP contribution in [0.3, 0.4) is 0 Å². The summed E-state index contributed by atoms with van der Waals surface area (Å²) in [6.45, 7) is 0.463. The van der Waals surface area contributed by atoms with Crippen LogP contribution in [-0.2, 0) is 11.3 Å². The van der Waals surface area contributed by atoms with Crippen LogP contribution in [0.15, 0.2) is 35.8 Å². The van der Waals surface area contributed by atoms with E-state index in [4.69, 9.17) is 0 Å². The van der Waals surface area contributed by atoms with Crippen molar-refractivity contribution in [1.29, 1.82) is 0 Å². The molecule has 2 aromatic rings. The van der Waals surface area contributed by atoms with Gasteiger partial charge in [-0.25, -0.2) is 9.78 Å². The summed E-state index contributed by atoms with van der Waals surface area (Å²) in [6.07, 6.45) is 1.36. The standard InChI is InChI=1S/C12H12N2O2S/c1-16-12(15)14-8-9-2-4-10(5-3-9)11-13-6-7-17-11/h2-7H,8H2,1H3,(H,14,15). The van der Waals surface area contributed by atoms with Gasteiger partial charge in [0.25, 0.3) is 0 Å². The first-order valence-electron chi connectivity index (χ1n) is 5.10. The second-order valence-corrected chi connectivity index (χ2v) is 4.27. The van der Waals surface area contributed by atoms with Gasteiger partial charge in [0.05, 0.1) is 7.11 Å². The lowest BCUT2D eigenvalue weighted by Crippen LogP contribution is -2.22. The second kappa shape index (κ2) is 5.45. The van der Waals surface area contributed by atoms with Gasteiger partial charge in [-0.3, -0.25) is 0 Å². The number of hydrogen-bond acceptors (Lipinski definition) is 4. The molecule has 1 amide bonds. The molecule has 0 radical (unpaired) electrons. The molecular formula is C12H12N2O2S. The van der Waals surface area contributed by atoms with Crippen LogP contribution in [0.2, 0.25) is 0 Å². The van der Waals surface area contributed by atoms with Crippen LogP contribution in [0.1, 0.15) is 5.56 Å². The van der Waals surface area contributed by atoms with E-state index in [0.717, 1.165) is 16.1 Å². The van der Waals surface area contributed by atoms with Crippen molar-refractivity contribution in [2.75, 3.05) is 7.11 Å². The minimum atomic E-state index is -0.422.